The largest absolute Gasteiger partial charge is 0.392 e. The Balaban J connectivity index is 2.59. The summed E-state index contributed by atoms with van der Waals surface area (Å²) in [5.41, 5.74) is 0. The van der Waals surface area contributed by atoms with Gasteiger partial charge < -0.3 is 4.85 Å². The number of hydrogen-bond donors (Lipinski definition) is 0. The fourth-order valence-corrected chi connectivity index (χ4v) is 1.80. The van der Waals surface area contributed by atoms with E-state index in [1.54, 1.807) is 0 Å². The molecule has 68 valence electrons. The van der Waals surface area contributed by atoms with Crippen LogP contribution in [-0.4, -0.2) is 12.7 Å². The molecular formula is C8H10F3N. The third-order valence-corrected chi connectivity index (χ3v) is 2.41. The zero-order valence-electron chi connectivity index (χ0n) is 6.56. The standard InChI is InChI=1S/C8H10F3N/c1-12-5-6-3-2-4-7(6)8(9,10)11/h6-7H,2-5H2. The van der Waals surface area contributed by atoms with Crippen LogP contribution in [0, 0.1) is 18.4 Å². The molecule has 0 aromatic rings. The minimum Gasteiger partial charge on any atom is -0.317 e. The van der Waals surface area contributed by atoms with Gasteiger partial charge >= 0.3 is 6.18 Å². The Hall–Kier alpha value is -0.720. The van der Waals surface area contributed by atoms with Crippen LogP contribution in [0.25, 0.3) is 4.85 Å². The van der Waals surface area contributed by atoms with Crippen molar-refractivity contribution in [3.8, 4) is 0 Å². The summed E-state index contributed by atoms with van der Waals surface area (Å²) in [5.74, 6) is -1.66. The van der Waals surface area contributed by atoms with Gasteiger partial charge in [0, 0.05) is 5.92 Å². The molecule has 0 heterocycles. The van der Waals surface area contributed by atoms with E-state index in [9.17, 15) is 13.2 Å². The van der Waals surface area contributed by atoms with Crippen molar-refractivity contribution in [3.05, 3.63) is 11.4 Å². The highest BCUT2D eigenvalue weighted by atomic mass is 19.4. The average Bonchev–Trinajstić information content (AvgIpc) is 2.34. The van der Waals surface area contributed by atoms with Crippen molar-refractivity contribution in [1.82, 2.24) is 0 Å². The summed E-state index contributed by atoms with van der Waals surface area (Å²) in [6.07, 6.45) is -2.70. The van der Waals surface area contributed by atoms with Crippen LogP contribution in [0.4, 0.5) is 13.2 Å². The maximum absolute atomic E-state index is 12.2. The van der Waals surface area contributed by atoms with Crippen molar-refractivity contribution in [2.24, 2.45) is 11.8 Å². The first-order valence-corrected chi connectivity index (χ1v) is 3.95. The molecule has 12 heavy (non-hydrogen) atoms. The normalized spacial score (nSPS) is 30.2. The highest BCUT2D eigenvalue weighted by molar-refractivity contribution is 4.86. The lowest BCUT2D eigenvalue weighted by Crippen LogP contribution is -2.27. The predicted molar refractivity (Wildman–Crippen MR) is 38.4 cm³/mol. The van der Waals surface area contributed by atoms with Crippen LogP contribution in [-0.2, 0) is 0 Å². The quantitative estimate of drug-likeness (QED) is 0.542. The Morgan fingerprint density at radius 1 is 1.33 bits per heavy atom. The van der Waals surface area contributed by atoms with Gasteiger partial charge in [-0.05, 0) is 12.8 Å². The number of halogens is 3. The van der Waals surface area contributed by atoms with E-state index in [1.807, 2.05) is 0 Å². The molecule has 1 rings (SSSR count). The smallest absolute Gasteiger partial charge is 0.317 e. The molecule has 0 aliphatic heterocycles. The Morgan fingerprint density at radius 3 is 2.50 bits per heavy atom. The second-order valence-electron chi connectivity index (χ2n) is 3.18. The van der Waals surface area contributed by atoms with Crippen molar-refractivity contribution >= 4 is 0 Å². The van der Waals surface area contributed by atoms with Crippen LogP contribution in [0.1, 0.15) is 19.3 Å². The molecule has 1 saturated carbocycles. The average molecular weight is 177 g/mol. The van der Waals surface area contributed by atoms with Gasteiger partial charge in [0.1, 0.15) is 0 Å². The zero-order valence-corrected chi connectivity index (χ0v) is 6.56. The van der Waals surface area contributed by atoms with E-state index in [2.05, 4.69) is 4.85 Å². The van der Waals surface area contributed by atoms with Crippen LogP contribution < -0.4 is 0 Å². The molecule has 1 nitrogen and oxygen atoms in total. The molecule has 1 aliphatic carbocycles. The Morgan fingerprint density at radius 2 is 2.00 bits per heavy atom. The molecule has 1 fully saturated rings. The van der Waals surface area contributed by atoms with Gasteiger partial charge in [0.15, 0.2) is 0 Å². The monoisotopic (exact) mass is 177 g/mol. The molecule has 1 aliphatic rings. The van der Waals surface area contributed by atoms with Gasteiger partial charge in [-0.25, -0.2) is 6.57 Å². The third kappa shape index (κ3) is 1.90. The maximum Gasteiger partial charge on any atom is 0.392 e. The van der Waals surface area contributed by atoms with E-state index >= 15 is 0 Å². The molecule has 0 radical (unpaired) electrons. The number of nitrogens with zero attached hydrogens (tertiary/aromatic N) is 1. The molecule has 0 bridgehead atoms. The van der Waals surface area contributed by atoms with Crippen LogP contribution in [0.15, 0.2) is 0 Å². The highest BCUT2D eigenvalue weighted by Gasteiger charge is 2.47. The first-order valence-electron chi connectivity index (χ1n) is 3.95. The Kier molecular flexibility index (Phi) is 2.61. The summed E-state index contributed by atoms with van der Waals surface area (Å²) in [6, 6.07) is 0. The second-order valence-corrected chi connectivity index (χ2v) is 3.18. The minimum absolute atomic E-state index is 0.0319. The molecule has 2 unspecified atom stereocenters. The van der Waals surface area contributed by atoms with Crippen molar-refractivity contribution in [2.45, 2.75) is 25.4 Å². The first-order chi connectivity index (χ1) is 5.55. The molecule has 0 aromatic carbocycles. The third-order valence-electron chi connectivity index (χ3n) is 2.41. The van der Waals surface area contributed by atoms with E-state index in [1.165, 1.54) is 0 Å². The Bertz CT molecular complexity index is 191. The van der Waals surface area contributed by atoms with E-state index in [4.69, 9.17) is 6.57 Å². The number of rotatable bonds is 1. The SMILES string of the molecule is [C-]#[N+]CC1CCCC1C(F)(F)F. The van der Waals surface area contributed by atoms with Gasteiger partial charge in [-0.15, -0.1) is 0 Å². The topological polar surface area (TPSA) is 4.36 Å². The zero-order chi connectivity index (χ0) is 9.19. The van der Waals surface area contributed by atoms with Crippen LogP contribution in [0.2, 0.25) is 0 Å². The van der Waals surface area contributed by atoms with Crippen molar-refractivity contribution in [2.75, 3.05) is 6.54 Å². The molecule has 4 heteroatoms. The van der Waals surface area contributed by atoms with Crippen LogP contribution >= 0.6 is 0 Å². The van der Waals surface area contributed by atoms with Crippen molar-refractivity contribution in [3.63, 3.8) is 0 Å². The molecule has 0 spiro atoms. The van der Waals surface area contributed by atoms with Gasteiger partial charge in [-0.1, -0.05) is 6.42 Å². The van der Waals surface area contributed by atoms with Crippen molar-refractivity contribution in [1.29, 1.82) is 0 Å². The summed E-state index contributed by atoms with van der Waals surface area (Å²) >= 11 is 0. The van der Waals surface area contributed by atoms with E-state index in [0.29, 0.717) is 12.8 Å². The summed E-state index contributed by atoms with van der Waals surface area (Å²) in [6.45, 7) is 6.55. The Labute approximate surface area is 69.4 Å². The van der Waals surface area contributed by atoms with Crippen molar-refractivity contribution < 1.29 is 13.2 Å². The summed E-state index contributed by atoms with van der Waals surface area (Å²) in [5, 5.41) is 0. The van der Waals surface area contributed by atoms with E-state index in [0.717, 1.165) is 0 Å². The summed E-state index contributed by atoms with van der Waals surface area (Å²) in [7, 11) is 0. The molecule has 2 atom stereocenters. The van der Waals surface area contributed by atoms with Crippen LogP contribution in [0.5, 0.6) is 0 Å². The lowest BCUT2D eigenvalue weighted by molar-refractivity contribution is -0.182. The lowest BCUT2D eigenvalue weighted by atomic mass is 9.96. The van der Waals surface area contributed by atoms with Gasteiger partial charge in [-0.3, -0.25) is 0 Å². The molecule has 0 aromatic heterocycles. The highest BCUT2D eigenvalue weighted by Crippen LogP contribution is 2.42. The molecule has 0 saturated heterocycles. The molecule has 0 amide bonds. The molecular weight excluding hydrogens is 167 g/mol. The van der Waals surface area contributed by atoms with Gasteiger partial charge in [-0.2, -0.15) is 13.2 Å². The van der Waals surface area contributed by atoms with Gasteiger partial charge in [0.25, 0.3) is 0 Å². The van der Waals surface area contributed by atoms with Crippen LogP contribution in [0.3, 0.4) is 0 Å². The number of hydrogen-bond acceptors (Lipinski definition) is 0. The summed E-state index contributed by atoms with van der Waals surface area (Å²) < 4.78 is 36.7. The molecule has 0 N–H and O–H groups in total. The number of alkyl halides is 3. The van der Waals surface area contributed by atoms with E-state index < -0.39 is 18.0 Å². The van der Waals surface area contributed by atoms with Gasteiger partial charge in [0.05, 0.1) is 5.92 Å². The lowest BCUT2D eigenvalue weighted by Gasteiger charge is -2.18. The van der Waals surface area contributed by atoms with E-state index in [-0.39, 0.29) is 13.0 Å². The first kappa shape index (κ1) is 9.37. The fourth-order valence-electron chi connectivity index (χ4n) is 1.80. The van der Waals surface area contributed by atoms with Gasteiger partial charge in [0.2, 0.25) is 6.54 Å². The maximum atomic E-state index is 12.2. The second kappa shape index (κ2) is 3.34. The summed E-state index contributed by atoms with van der Waals surface area (Å²) in [4.78, 5) is 3.03. The fraction of sp³-hybridized carbons (Fsp3) is 0.875. The minimum atomic E-state index is -4.09. The predicted octanol–water partition coefficient (Wildman–Crippen LogP) is 2.88.